The fraction of sp³-hybridized carbons (Fsp3) is 0.278. The molecule has 0 bridgehead atoms. The molecule has 0 N–H and O–H groups in total. The number of rotatable bonds is 4. The predicted octanol–water partition coefficient (Wildman–Crippen LogP) is 3.92. The van der Waals surface area contributed by atoms with Gasteiger partial charge >= 0.3 is 12.1 Å². The van der Waals surface area contributed by atoms with E-state index < -0.39 is 17.9 Å². The summed E-state index contributed by atoms with van der Waals surface area (Å²) in [5.74, 6) is -1.79. The van der Waals surface area contributed by atoms with Crippen molar-refractivity contribution in [1.82, 2.24) is 15.0 Å². The van der Waals surface area contributed by atoms with Gasteiger partial charge in [0, 0.05) is 18.0 Å². The van der Waals surface area contributed by atoms with Gasteiger partial charge in [0.15, 0.2) is 6.61 Å². The zero-order chi connectivity index (χ0) is 20.6. The number of carbonyl (C=O) groups is 1. The van der Waals surface area contributed by atoms with Crippen LogP contribution in [-0.4, -0.2) is 34.1 Å². The second-order valence-corrected chi connectivity index (χ2v) is 7.42. The summed E-state index contributed by atoms with van der Waals surface area (Å²) in [5, 5.41) is 3.40. The van der Waals surface area contributed by atoms with Gasteiger partial charge in [0.05, 0.1) is 4.88 Å². The molecule has 1 aliphatic rings. The van der Waals surface area contributed by atoms with E-state index in [0.717, 1.165) is 10.4 Å². The van der Waals surface area contributed by atoms with Crippen LogP contribution in [0.5, 0.6) is 5.75 Å². The summed E-state index contributed by atoms with van der Waals surface area (Å²) in [4.78, 5) is 18.8. The molecule has 4 rings (SSSR count). The Labute approximate surface area is 165 Å². The first-order valence-corrected chi connectivity index (χ1v) is 9.30. The molecule has 0 aliphatic carbocycles. The van der Waals surface area contributed by atoms with E-state index in [2.05, 4.69) is 14.7 Å². The highest BCUT2D eigenvalue weighted by atomic mass is 32.1. The van der Waals surface area contributed by atoms with Crippen LogP contribution in [0.2, 0.25) is 0 Å². The number of amides is 1. The van der Waals surface area contributed by atoms with Gasteiger partial charge in [-0.3, -0.25) is 4.79 Å². The summed E-state index contributed by atoms with van der Waals surface area (Å²) in [7, 11) is 0. The smallest absolute Gasteiger partial charge is 0.471 e. The highest BCUT2D eigenvalue weighted by Crippen LogP contribution is 2.35. The Hall–Kier alpha value is -2.95. The molecule has 29 heavy (non-hydrogen) atoms. The van der Waals surface area contributed by atoms with Gasteiger partial charge in [-0.1, -0.05) is 5.16 Å². The van der Waals surface area contributed by atoms with Crippen molar-refractivity contribution in [2.45, 2.75) is 19.1 Å². The number of nitrogens with zero attached hydrogens (tertiary/aromatic N) is 3. The third-order valence-corrected chi connectivity index (χ3v) is 5.52. The van der Waals surface area contributed by atoms with Crippen LogP contribution in [0.1, 0.15) is 16.3 Å². The van der Waals surface area contributed by atoms with Crippen molar-refractivity contribution in [2.24, 2.45) is 0 Å². The van der Waals surface area contributed by atoms with Crippen LogP contribution >= 0.6 is 11.3 Å². The number of ether oxygens (including phenoxy) is 1. The third-order valence-electron chi connectivity index (χ3n) is 4.28. The minimum atomic E-state index is -4.70. The molecule has 0 atom stereocenters. The van der Waals surface area contributed by atoms with Crippen molar-refractivity contribution in [3.05, 3.63) is 52.5 Å². The molecule has 1 aromatic carbocycles. The van der Waals surface area contributed by atoms with E-state index in [4.69, 9.17) is 4.74 Å². The SMILES string of the molecule is O=C(COc1ccc(F)cc1)N1CCc2sc(-c3noc(C(F)(F)F)n3)cc2C1. The molecule has 0 saturated carbocycles. The van der Waals surface area contributed by atoms with Gasteiger partial charge in [-0.05, 0) is 42.3 Å². The summed E-state index contributed by atoms with van der Waals surface area (Å²) in [5.41, 5.74) is 0.824. The third kappa shape index (κ3) is 4.24. The number of benzene rings is 1. The monoisotopic (exact) mass is 427 g/mol. The Balaban J connectivity index is 1.41. The van der Waals surface area contributed by atoms with Crippen molar-refractivity contribution in [1.29, 1.82) is 0 Å². The molecule has 152 valence electrons. The summed E-state index contributed by atoms with van der Waals surface area (Å²) in [6.45, 7) is 0.567. The Morgan fingerprint density at radius 1 is 1.28 bits per heavy atom. The van der Waals surface area contributed by atoms with Gasteiger partial charge in [0.1, 0.15) is 11.6 Å². The van der Waals surface area contributed by atoms with Gasteiger partial charge in [0.25, 0.3) is 5.91 Å². The molecule has 3 aromatic rings. The van der Waals surface area contributed by atoms with E-state index in [-0.39, 0.29) is 18.3 Å². The lowest BCUT2D eigenvalue weighted by Crippen LogP contribution is -2.38. The van der Waals surface area contributed by atoms with Crippen molar-refractivity contribution >= 4 is 17.2 Å². The maximum absolute atomic E-state index is 12.9. The first-order chi connectivity index (χ1) is 13.8. The van der Waals surface area contributed by atoms with Crippen molar-refractivity contribution < 1.29 is 31.6 Å². The van der Waals surface area contributed by atoms with E-state index in [1.165, 1.54) is 35.6 Å². The largest absolute Gasteiger partial charge is 0.484 e. The molecule has 0 saturated heterocycles. The van der Waals surface area contributed by atoms with Crippen LogP contribution in [0.4, 0.5) is 17.6 Å². The average molecular weight is 427 g/mol. The summed E-state index contributed by atoms with van der Waals surface area (Å²) < 4.78 is 60.4. The van der Waals surface area contributed by atoms with E-state index >= 15 is 0 Å². The fourth-order valence-corrected chi connectivity index (χ4v) is 3.95. The van der Waals surface area contributed by atoms with Gasteiger partial charge in [-0.2, -0.15) is 18.2 Å². The van der Waals surface area contributed by atoms with Crippen molar-refractivity contribution in [3.8, 4) is 16.5 Å². The van der Waals surface area contributed by atoms with E-state index in [0.29, 0.717) is 30.1 Å². The second-order valence-electron chi connectivity index (χ2n) is 6.29. The quantitative estimate of drug-likeness (QED) is 0.591. The van der Waals surface area contributed by atoms with Crippen LogP contribution < -0.4 is 4.74 Å². The maximum atomic E-state index is 12.9. The number of hydrogen-bond donors (Lipinski definition) is 0. The average Bonchev–Trinajstić information content (AvgIpc) is 3.33. The number of aromatic nitrogens is 2. The van der Waals surface area contributed by atoms with E-state index in [1.807, 2.05) is 0 Å². The number of hydrogen-bond acceptors (Lipinski definition) is 6. The molecule has 3 heterocycles. The molecule has 6 nitrogen and oxygen atoms in total. The van der Waals surface area contributed by atoms with Gasteiger partial charge in [-0.15, -0.1) is 11.3 Å². The lowest BCUT2D eigenvalue weighted by Gasteiger charge is -2.26. The fourth-order valence-electron chi connectivity index (χ4n) is 2.86. The topological polar surface area (TPSA) is 68.5 Å². The summed E-state index contributed by atoms with van der Waals surface area (Å²) in [6.07, 6.45) is -4.14. The molecule has 0 unspecified atom stereocenters. The minimum Gasteiger partial charge on any atom is -0.484 e. The first-order valence-electron chi connectivity index (χ1n) is 8.48. The summed E-state index contributed by atoms with van der Waals surface area (Å²) in [6, 6.07) is 7.01. The Morgan fingerprint density at radius 2 is 2.03 bits per heavy atom. The van der Waals surface area contributed by atoms with Gasteiger partial charge in [-0.25, -0.2) is 4.39 Å². The second kappa shape index (κ2) is 7.47. The molecule has 0 fully saturated rings. The summed E-state index contributed by atoms with van der Waals surface area (Å²) >= 11 is 1.28. The van der Waals surface area contributed by atoms with Crippen LogP contribution in [0, 0.1) is 5.82 Å². The van der Waals surface area contributed by atoms with Gasteiger partial charge < -0.3 is 14.2 Å². The van der Waals surface area contributed by atoms with Crippen LogP contribution in [0.3, 0.4) is 0 Å². The molecule has 1 aliphatic heterocycles. The Morgan fingerprint density at radius 3 is 2.72 bits per heavy atom. The number of thiophene rings is 1. The van der Waals surface area contributed by atoms with Gasteiger partial charge in [0.2, 0.25) is 5.82 Å². The normalized spacial score (nSPS) is 14.0. The van der Waals surface area contributed by atoms with Crippen molar-refractivity contribution in [3.63, 3.8) is 0 Å². The van der Waals surface area contributed by atoms with E-state index in [1.54, 1.807) is 11.0 Å². The van der Waals surface area contributed by atoms with Crippen molar-refractivity contribution in [2.75, 3.05) is 13.2 Å². The molecular formula is C18H13F4N3O3S. The predicted molar refractivity (Wildman–Crippen MR) is 93.6 cm³/mol. The number of alkyl halides is 3. The molecule has 11 heteroatoms. The lowest BCUT2D eigenvalue weighted by molar-refractivity contribution is -0.159. The zero-order valence-corrected chi connectivity index (χ0v) is 15.5. The standard InChI is InChI=1S/C18H13F4N3O3S/c19-11-1-3-12(4-2-11)27-9-15(26)25-6-5-13-10(8-25)7-14(29-13)16-23-17(28-24-16)18(20,21)22/h1-4,7H,5-6,8-9H2. The minimum absolute atomic E-state index is 0.130. The number of carbonyl (C=O) groups excluding carboxylic acids is 1. The highest BCUT2D eigenvalue weighted by Gasteiger charge is 2.38. The number of halogens is 4. The van der Waals surface area contributed by atoms with Crippen LogP contribution in [-0.2, 0) is 23.9 Å². The zero-order valence-electron chi connectivity index (χ0n) is 14.7. The highest BCUT2D eigenvalue weighted by molar-refractivity contribution is 7.15. The lowest BCUT2D eigenvalue weighted by atomic mass is 10.1. The van der Waals surface area contributed by atoms with E-state index in [9.17, 15) is 22.4 Å². The Kier molecular flexibility index (Phi) is 4.99. The molecule has 1 amide bonds. The molecular weight excluding hydrogens is 414 g/mol. The Bertz CT molecular complexity index is 1030. The van der Waals surface area contributed by atoms with Crippen LogP contribution in [0.25, 0.3) is 10.7 Å². The molecule has 0 spiro atoms. The first kappa shape index (κ1) is 19.4. The number of fused-ring (bicyclic) bond motifs is 1. The molecule has 0 radical (unpaired) electrons. The maximum Gasteiger partial charge on any atom is 0.471 e. The molecule has 2 aromatic heterocycles. The van der Waals surface area contributed by atoms with Crippen LogP contribution in [0.15, 0.2) is 34.9 Å².